The lowest BCUT2D eigenvalue weighted by Crippen LogP contribution is -2.10. The molecule has 3 atom stereocenters. The summed E-state index contributed by atoms with van der Waals surface area (Å²) in [7, 11) is -3.55. The Kier molecular flexibility index (Phi) is 3.26. The van der Waals surface area contributed by atoms with E-state index in [0.29, 0.717) is 5.56 Å². The first kappa shape index (κ1) is 13.8. The van der Waals surface area contributed by atoms with Gasteiger partial charge in [-0.05, 0) is 29.8 Å². The predicted octanol–water partition coefficient (Wildman–Crippen LogP) is 2.91. The van der Waals surface area contributed by atoms with Crippen molar-refractivity contribution in [3.63, 3.8) is 0 Å². The largest absolute Gasteiger partial charge is 0.223 e. The Morgan fingerprint density at radius 3 is 2.19 bits per heavy atom. The molecule has 0 N–H and O–H groups in total. The van der Waals surface area contributed by atoms with Gasteiger partial charge in [0.05, 0.1) is 22.1 Å². The second-order valence-electron chi connectivity index (χ2n) is 5.05. The van der Waals surface area contributed by atoms with Crippen LogP contribution in [0.3, 0.4) is 0 Å². The van der Waals surface area contributed by atoms with Crippen molar-refractivity contribution in [1.29, 1.82) is 5.26 Å². The average molecular weight is 301 g/mol. The fourth-order valence-electron chi connectivity index (χ4n) is 2.67. The molecule has 0 spiro atoms. The monoisotopic (exact) mass is 301 g/mol. The van der Waals surface area contributed by atoms with Crippen molar-refractivity contribution in [2.75, 3.05) is 0 Å². The van der Waals surface area contributed by atoms with Crippen molar-refractivity contribution in [2.24, 2.45) is 5.92 Å². The first-order chi connectivity index (χ1) is 10.1. The minimum atomic E-state index is -3.55. The van der Waals surface area contributed by atoms with E-state index in [-0.39, 0.29) is 16.6 Å². The average Bonchev–Trinajstić information content (AvgIpc) is 3.24. The summed E-state index contributed by atoms with van der Waals surface area (Å²) in [6.07, 6.45) is 0. The van der Waals surface area contributed by atoms with Crippen LogP contribution in [0, 0.1) is 23.1 Å². The Morgan fingerprint density at radius 2 is 1.62 bits per heavy atom. The molecule has 2 aromatic rings. The zero-order valence-electron chi connectivity index (χ0n) is 11.0. The summed E-state index contributed by atoms with van der Waals surface area (Å²) in [6, 6.07) is 15.8. The van der Waals surface area contributed by atoms with E-state index in [1.54, 1.807) is 30.3 Å². The second kappa shape index (κ2) is 4.97. The van der Waals surface area contributed by atoms with Gasteiger partial charge in [0.15, 0.2) is 9.84 Å². The number of hydrogen-bond donors (Lipinski definition) is 0. The summed E-state index contributed by atoms with van der Waals surface area (Å²) in [5.41, 5.74) is 0.687. The maximum Gasteiger partial charge on any atom is 0.183 e. The minimum Gasteiger partial charge on any atom is -0.223 e. The molecule has 3 nitrogen and oxygen atoms in total. The SMILES string of the molecule is N#C[C@@H]1[C@H](c2ccc(F)cc2)[C@H]1S(=O)(=O)c1ccccc1. The lowest BCUT2D eigenvalue weighted by molar-refractivity contribution is 0.593. The topological polar surface area (TPSA) is 57.9 Å². The highest BCUT2D eigenvalue weighted by atomic mass is 32.2. The van der Waals surface area contributed by atoms with E-state index in [1.807, 2.05) is 0 Å². The number of benzene rings is 2. The molecule has 1 saturated carbocycles. The van der Waals surface area contributed by atoms with Crippen LogP contribution in [0.4, 0.5) is 4.39 Å². The molecule has 3 rings (SSSR count). The molecule has 0 amide bonds. The van der Waals surface area contributed by atoms with Crippen LogP contribution in [-0.2, 0) is 9.84 Å². The van der Waals surface area contributed by atoms with Gasteiger partial charge in [-0.1, -0.05) is 30.3 Å². The van der Waals surface area contributed by atoms with Crippen molar-refractivity contribution >= 4 is 9.84 Å². The summed E-state index contributed by atoms with van der Waals surface area (Å²) >= 11 is 0. The van der Waals surface area contributed by atoms with Gasteiger partial charge in [-0.2, -0.15) is 5.26 Å². The number of nitriles is 1. The third-order valence-electron chi connectivity index (χ3n) is 3.79. The molecular weight excluding hydrogens is 289 g/mol. The lowest BCUT2D eigenvalue weighted by atomic mass is 10.1. The molecule has 0 bridgehead atoms. The van der Waals surface area contributed by atoms with Gasteiger partial charge in [-0.25, -0.2) is 12.8 Å². The first-order valence-corrected chi connectivity index (χ1v) is 8.04. The minimum absolute atomic E-state index is 0.222. The molecule has 0 aromatic heterocycles. The Hall–Kier alpha value is -2.19. The molecule has 0 heterocycles. The predicted molar refractivity (Wildman–Crippen MR) is 75.7 cm³/mol. The van der Waals surface area contributed by atoms with Crippen LogP contribution in [0.25, 0.3) is 0 Å². The van der Waals surface area contributed by atoms with E-state index >= 15 is 0 Å². The molecule has 106 valence electrons. The molecule has 0 saturated heterocycles. The van der Waals surface area contributed by atoms with Crippen LogP contribution in [0.5, 0.6) is 0 Å². The van der Waals surface area contributed by atoms with E-state index in [1.165, 1.54) is 24.3 Å². The number of sulfone groups is 1. The smallest absolute Gasteiger partial charge is 0.183 e. The third kappa shape index (κ3) is 2.32. The van der Waals surface area contributed by atoms with Crippen LogP contribution in [0.15, 0.2) is 59.5 Å². The number of nitrogens with zero attached hydrogens (tertiary/aromatic N) is 1. The lowest BCUT2D eigenvalue weighted by Gasteiger charge is -2.03. The van der Waals surface area contributed by atoms with Gasteiger partial charge in [-0.15, -0.1) is 0 Å². The van der Waals surface area contributed by atoms with Gasteiger partial charge >= 0.3 is 0 Å². The van der Waals surface area contributed by atoms with Crippen molar-refractivity contribution < 1.29 is 12.8 Å². The van der Waals surface area contributed by atoms with Gasteiger partial charge in [-0.3, -0.25) is 0 Å². The fraction of sp³-hybridized carbons (Fsp3) is 0.188. The summed E-state index contributed by atoms with van der Waals surface area (Å²) in [6.45, 7) is 0. The molecule has 0 radical (unpaired) electrons. The second-order valence-corrected chi connectivity index (χ2v) is 7.16. The molecule has 1 aliphatic rings. The molecule has 2 aromatic carbocycles. The van der Waals surface area contributed by atoms with Gasteiger partial charge in [0.25, 0.3) is 0 Å². The Morgan fingerprint density at radius 1 is 1.00 bits per heavy atom. The zero-order chi connectivity index (χ0) is 15.0. The van der Waals surface area contributed by atoms with Crippen LogP contribution in [-0.4, -0.2) is 13.7 Å². The van der Waals surface area contributed by atoms with Gasteiger partial charge in [0.1, 0.15) is 5.82 Å². The summed E-state index contributed by atoms with van der Waals surface area (Å²) < 4.78 is 38.1. The highest BCUT2D eigenvalue weighted by Gasteiger charge is 2.59. The maximum absolute atomic E-state index is 13.0. The summed E-state index contributed by atoms with van der Waals surface area (Å²) in [5, 5.41) is 8.43. The van der Waals surface area contributed by atoms with Gasteiger partial charge in [0, 0.05) is 5.92 Å². The van der Waals surface area contributed by atoms with E-state index in [2.05, 4.69) is 6.07 Å². The molecular formula is C16H12FNO2S. The highest BCUT2D eigenvalue weighted by molar-refractivity contribution is 7.92. The van der Waals surface area contributed by atoms with E-state index in [4.69, 9.17) is 0 Å². The first-order valence-electron chi connectivity index (χ1n) is 6.50. The fourth-order valence-corrected chi connectivity index (χ4v) is 4.76. The van der Waals surface area contributed by atoms with Gasteiger partial charge < -0.3 is 0 Å². The zero-order valence-corrected chi connectivity index (χ0v) is 11.8. The third-order valence-corrected chi connectivity index (χ3v) is 6.02. The Bertz CT molecular complexity index is 794. The molecule has 21 heavy (non-hydrogen) atoms. The van der Waals surface area contributed by atoms with Crippen molar-refractivity contribution in [3.05, 3.63) is 66.0 Å². The van der Waals surface area contributed by atoms with Gasteiger partial charge in [0.2, 0.25) is 0 Å². The van der Waals surface area contributed by atoms with E-state index in [9.17, 15) is 18.1 Å². The van der Waals surface area contributed by atoms with Crippen LogP contribution >= 0.6 is 0 Å². The quantitative estimate of drug-likeness (QED) is 0.876. The molecule has 0 unspecified atom stereocenters. The van der Waals surface area contributed by atoms with Crippen LogP contribution in [0.1, 0.15) is 11.5 Å². The molecule has 1 aliphatic carbocycles. The molecule has 1 fully saturated rings. The number of halogens is 1. The highest BCUT2D eigenvalue weighted by Crippen LogP contribution is 2.53. The van der Waals surface area contributed by atoms with E-state index < -0.39 is 21.0 Å². The Labute approximate surface area is 122 Å². The van der Waals surface area contributed by atoms with Crippen LogP contribution in [0.2, 0.25) is 0 Å². The van der Waals surface area contributed by atoms with Crippen molar-refractivity contribution in [1.82, 2.24) is 0 Å². The summed E-state index contributed by atoms with van der Waals surface area (Å²) in [4.78, 5) is 0.222. The number of hydrogen-bond acceptors (Lipinski definition) is 3. The van der Waals surface area contributed by atoms with Crippen molar-refractivity contribution in [3.8, 4) is 6.07 Å². The standard InChI is InChI=1S/C16H12FNO2S/c17-12-8-6-11(7-9-12)15-14(10-18)16(15)21(19,20)13-4-2-1-3-5-13/h1-9,14-16H/t14-,15+,16+/m1/s1. The Balaban J connectivity index is 1.96. The van der Waals surface area contributed by atoms with E-state index in [0.717, 1.165) is 0 Å². The van der Waals surface area contributed by atoms with Crippen LogP contribution < -0.4 is 0 Å². The molecule has 5 heteroatoms. The maximum atomic E-state index is 13.0. The summed E-state index contributed by atoms with van der Waals surface area (Å²) in [5.74, 6) is -1.35. The molecule has 0 aliphatic heterocycles. The van der Waals surface area contributed by atoms with Crippen molar-refractivity contribution in [2.45, 2.75) is 16.1 Å². The number of rotatable bonds is 3. The normalized spacial score (nSPS) is 24.3.